The Morgan fingerprint density at radius 3 is 2.50 bits per heavy atom. The van der Waals surface area contributed by atoms with E-state index in [9.17, 15) is 9.65 Å². The average Bonchev–Trinajstić information content (AvgIpc) is 2.43. The third kappa shape index (κ3) is 2.10. The standard InChI is InChI=1S/C15H14BrFN2O/c1-15(16)10(8-18)14(20-2)13(19)12(17)11(15)9-6-4-3-5-7-9/h3-7,10H,19H2,1-2H3. The number of halogens is 2. The van der Waals surface area contributed by atoms with Gasteiger partial charge in [-0.2, -0.15) is 5.26 Å². The molecule has 20 heavy (non-hydrogen) atoms. The molecule has 0 fully saturated rings. The van der Waals surface area contributed by atoms with Crippen LogP contribution in [0.15, 0.2) is 47.6 Å². The summed E-state index contributed by atoms with van der Waals surface area (Å²) in [7, 11) is 1.39. The minimum absolute atomic E-state index is 0.116. The van der Waals surface area contributed by atoms with Gasteiger partial charge >= 0.3 is 0 Å². The molecule has 2 N–H and O–H groups in total. The maximum Gasteiger partial charge on any atom is 0.154 e. The van der Waals surface area contributed by atoms with E-state index in [-0.39, 0.29) is 11.5 Å². The molecule has 3 nitrogen and oxygen atoms in total. The molecule has 5 heteroatoms. The van der Waals surface area contributed by atoms with Crippen molar-refractivity contribution in [1.29, 1.82) is 5.26 Å². The number of methoxy groups -OCH3 is 1. The topological polar surface area (TPSA) is 59.0 Å². The molecular weight excluding hydrogens is 323 g/mol. The molecular formula is C15H14BrFN2O. The second-order valence-corrected chi connectivity index (χ2v) is 6.32. The zero-order valence-corrected chi connectivity index (χ0v) is 12.7. The van der Waals surface area contributed by atoms with Gasteiger partial charge in [0.2, 0.25) is 0 Å². The highest BCUT2D eigenvalue weighted by Crippen LogP contribution is 2.50. The van der Waals surface area contributed by atoms with Gasteiger partial charge in [-0.15, -0.1) is 0 Å². The van der Waals surface area contributed by atoms with Gasteiger partial charge < -0.3 is 10.5 Å². The molecule has 0 aromatic heterocycles. The zero-order valence-electron chi connectivity index (χ0n) is 11.2. The maximum atomic E-state index is 14.6. The molecule has 1 aromatic carbocycles. The van der Waals surface area contributed by atoms with Crippen molar-refractivity contribution >= 4 is 21.5 Å². The van der Waals surface area contributed by atoms with Crippen LogP contribution >= 0.6 is 15.9 Å². The molecule has 2 rings (SSSR count). The number of nitrogens with two attached hydrogens (primary N) is 1. The number of hydrogen-bond acceptors (Lipinski definition) is 3. The van der Waals surface area contributed by atoms with Crippen LogP contribution in [0.1, 0.15) is 12.5 Å². The highest BCUT2D eigenvalue weighted by molar-refractivity contribution is 9.10. The van der Waals surface area contributed by atoms with Crippen LogP contribution in [0, 0.1) is 17.2 Å². The highest BCUT2D eigenvalue weighted by Gasteiger charge is 2.46. The smallest absolute Gasteiger partial charge is 0.154 e. The lowest BCUT2D eigenvalue weighted by Gasteiger charge is -2.36. The first-order chi connectivity index (χ1) is 9.45. The van der Waals surface area contributed by atoms with Crippen LogP contribution in [0.25, 0.3) is 5.57 Å². The van der Waals surface area contributed by atoms with E-state index < -0.39 is 16.1 Å². The summed E-state index contributed by atoms with van der Waals surface area (Å²) in [4.78, 5) is 0. The molecule has 0 radical (unpaired) electrons. The van der Waals surface area contributed by atoms with Gasteiger partial charge in [0.15, 0.2) is 5.83 Å². The summed E-state index contributed by atoms with van der Waals surface area (Å²) in [5.41, 5.74) is 6.73. The lowest BCUT2D eigenvalue weighted by Crippen LogP contribution is -2.36. The number of alkyl halides is 1. The van der Waals surface area contributed by atoms with Gasteiger partial charge in [-0.25, -0.2) is 4.39 Å². The molecule has 0 heterocycles. The van der Waals surface area contributed by atoms with Crippen molar-refractivity contribution in [3.8, 4) is 6.07 Å². The Morgan fingerprint density at radius 2 is 2.00 bits per heavy atom. The van der Waals surface area contributed by atoms with E-state index >= 15 is 0 Å². The van der Waals surface area contributed by atoms with Crippen LogP contribution in [0.2, 0.25) is 0 Å². The van der Waals surface area contributed by atoms with Gasteiger partial charge in [0.1, 0.15) is 17.4 Å². The van der Waals surface area contributed by atoms with Crippen molar-refractivity contribution in [2.75, 3.05) is 7.11 Å². The summed E-state index contributed by atoms with van der Waals surface area (Å²) in [5, 5.41) is 9.40. The van der Waals surface area contributed by atoms with Crippen LogP contribution in [-0.2, 0) is 4.74 Å². The van der Waals surface area contributed by atoms with Gasteiger partial charge in [-0.05, 0) is 12.5 Å². The van der Waals surface area contributed by atoms with Crippen molar-refractivity contribution in [1.82, 2.24) is 0 Å². The zero-order chi connectivity index (χ0) is 14.9. The maximum absolute atomic E-state index is 14.6. The third-order valence-corrected chi connectivity index (χ3v) is 4.28. The molecule has 0 amide bonds. The SMILES string of the molecule is COC1=C(N)C(F)=C(c2ccccc2)C(C)(Br)C1C#N. The lowest BCUT2D eigenvalue weighted by atomic mass is 9.78. The second kappa shape index (κ2) is 5.29. The fraction of sp³-hybridized carbons (Fsp3) is 0.267. The fourth-order valence-electron chi connectivity index (χ4n) is 2.42. The van der Waals surface area contributed by atoms with Gasteiger partial charge in [0, 0.05) is 5.57 Å². The Labute approximate surface area is 125 Å². The first-order valence-electron chi connectivity index (χ1n) is 6.03. The van der Waals surface area contributed by atoms with E-state index in [1.54, 1.807) is 19.1 Å². The summed E-state index contributed by atoms with van der Waals surface area (Å²) in [6.07, 6.45) is 0. The van der Waals surface area contributed by atoms with E-state index in [0.29, 0.717) is 11.1 Å². The molecule has 0 spiro atoms. The van der Waals surface area contributed by atoms with Crippen LogP contribution in [0.3, 0.4) is 0 Å². The Morgan fingerprint density at radius 1 is 1.40 bits per heavy atom. The lowest BCUT2D eigenvalue weighted by molar-refractivity contribution is 0.242. The van der Waals surface area contributed by atoms with E-state index in [4.69, 9.17) is 10.5 Å². The molecule has 104 valence electrons. The average molecular weight is 337 g/mol. The Balaban J connectivity index is 2.74. The molecule has 0 bridgehead atoms. The number of rotatable bonds is 2. The largest absolute Gasteiger partial charge is 0.497 e. The predicted molar refractivity (Wildman–Crippen MR) is 79.1 cm³/mol. The van der Waals surface area contributed by atoms with E-state index in [0.717, 1.165) is 0 Å². The fourth-order valence-corrected chi connectivity index (χ4v) is 3.14. The number of ether oxygens (including phenoxy) is 1. The van der Waals surface area contributed by atoms with Gasteiger partial charge in [-0.3, -0.25) is 0 Å². The molecule has 0 aliphatic heterocycles. The first-order valence-corrected chi connectivity index (χ1v) is 6.82. The van der Waals surface area contributed by atoms with E-state index in [1.807, 2.05) is 18.2 Å². The molecule has 2 atom stereocenters. The number of nitrogens with zero attached hydrogens (tertiary/aromatic N) is 1. The molecule has 1 aromatic rings. The summed E-state index contributed by atoms with van der Waals surface area (Å²) in [5.74, 6) is -1.11. The van der Waals surface area contributed by atoms with Gasteiger partial charge in [-0.1, -0.05) is 46.3 Å². The quantitative estimate of drug-likeness (QED) is 0.841. The Bertz CT molecular complexity index is 629. The number of hydrogen-bond donors (Lipinski definition) is 1. The Kier molecular flexibility index (Phi) is 3.87. The first kappa shape index (κ1) is 14.6. The summed E-state index contributed by atoms with van der Waals surface area (Å²) in [6, 6.07) is 11.2. The van der Waals surface area contributed by atoms with Crippen molar-refractivity contribution in [3.05, 3.63) is 53.2 Å². The number of allylic oxidation sites excluding steroid dienone is 3. The minimum atomic E-state index is -0.915. The predicted octanol–water partition coefficient (Wildman–Crippen LogP) is 3.49. The van der Waals surface area contributed by atoms with Crippen LogP contribution in [0.5, 0.6) is 0 Å². The van der Waals surface area contributed by atoms with Crippen molar-refractivity contribution in [3.63, 3.8) is 0 Å². The second-order valence-electron chi connectivity index (χ2n) is 4.67. The van der Waals surface area contributed by atoms with E-state index in [1.165, 1.54) is 7.11 Å². The Hall–Kier alpha value is -1.80. The molecule has 0 saturated carbocycles. The summed E-state index contributed by atoms with van der Waals surface area (Å²) < 4.78 is 18.9. The molecule has 1 aliphatic carbocycles. The number of benzene rings is 1. The summed E-state index contributed by atoms with van der Waals surface area (Å²) in [6.45, 7) is 1.74. The van der Waals surface area contributed by atoms with Gasteiger partial charge in [0.25, 0.3) is 0 Å². The van der Waals surface area contributed by atoms with E-state index in [2.05, 4.69) is 22.0 Å². The minimum Gasteiger partial charge on any atom is -0.497 e. The summed E-state index contributed by atoms with van der Waals surface area (Å²) >= 11 is 3.48. The van der Waals surface area contributed by atoms with Crippen molar-refractivity contribution in [2.45, 2.75) is 11.2 Å². The van der Waals surface area contributed by atoms with Crippen molar-refractivity contribution in [2.24, 2.45) is 11.7 Å². The number of nitriles is 1. The normalized spacial score (nSPS) is 26.4. The van der Waals surface area contributed by atoms with Crippen LogP contribution in [0.4, 0.5) is 4.39 Å². The highest BCUT2D eigenvalue weighted by atomic mass is 79.9. The van der Waals surface area contributed by atoms with Gasteiger partial charge in [0.05, 0.1) is 17.5 Å². The molecule has 2 unspecified atom stereocenters. The van der Waals surface area contributed by atoms with Crippen molar-refractivity contribution < 1.29 is 9.13 Å². The molecule has 0 saturated heterocycles. The van der Waals surface area contributed by atoms with Crippen LogP contribution < -0.4 is 5.73 Å². The third-order valence-electron chi connectivity index (χ3n) is 3.43. The monoisotopic (exact) mass is 336 g/mol. The molecule has 1 aliphatic rings. The van der Waals surface area contributed by atoms with Crippen LogP contribution in [-0.4, -0.2) is 11.4 Å².